The zero-order chi connectivity index (χ0) is 24.7. The quantitative estimate of drug-likeness (QED) is 0.188. The first-order chi connectivity index (χ1) is 17.7. The molecule has 36 heavy (non-hydrogen) atoms. The summed E-state index contributed by atoms with van der Waals surface area (Å²) in [5.41, 5.74) is 3.74. The number of rotatable bonds is 8. The Bertz CT molecular complexity index is 1160. The highest BCUT2D eigenvalue weighted by Gasteiger charge is 2.29. The predicted molar refractivity (Wildman–Crippen MR) is 161 cm³/mol. The lowest BCUT2D eigenvalue weighted by Crippen LogP contribution is -2.19. The van der Waals surface area contributed by atoms with Crippen LogP contribution in [0.3, 0.4) is 0 Å². The van der Waals surface area contributed by atoms with Crippen LogP contribution in [0.15, 0.2) is 146 Å². The van der Waals surface area contributed by atoms with Crippen LogP contribution < -0.4 is 21.2 Å². The van der Waals surface area contributed by atoms with E-state index >= 15 is 0 Å². The van der Waals surface area contributed by atoms with Gasteiger partial charge in [0.1, 0.15) is 0 Å². The maximum Gasteiger partial charge on any atom is 0.00966 e. The Morgan fingerprint density at radius 3 is 0.806 bits per heavy atom. The summed E-state index contributed by atoms with van der Waals surface area (Å²) in [6.45, 7) is 4.87. The van der Waals surface area contributed by atoms with Gasteiger partial charge in [0.05, 0.1) is 0 Å². The molecule has 0 heterocycles. The topological polar surface area (TPSA) is 0 Å². The number of hydrogen-bond acceptors (Lipinski definition) is 0. The molecular weight excluding hydrogens is 470 g/mol. The summed E-state index contributed by atoms with van der Waals surface area (Å²) < 4.78 is 0. The highest BCUT2D eigenvalue weighted by atomic mass is 31.1. The molecule has 1 unspecified atom stereocenters. The van der Waals surface area contributed by atoms with Crippen LogP contribution in [0.4, 0.5) is 0 Å². The molecule has 5 aromatic rings. The molecule has 5 rings (SSSR count). The van der Waals surface area contributed by atoms with E-state index in [1.165, 1.54) is 32.3 Å². The monoisotopic (exact) mass is 502 g/mol. The van der Waals surface area contributed by atoms with E-state index in [1.54, 1.807) is 0 Å². The summed E-state index contributed by atoms with van der Waals surface area (Å²) in [5, 5.41) is 5.73. The molecule has 0 saturated heterocycles. The maximum absolute atomic E-state index is 2.44. The van der Waals surface area contributed by atoms with Crippen LogP contribution >= 0.6 is 15.8 Å². The van der Waals surface area contributed by atoms with Crippen molar-refractivity contribution in [3.05, 3.63) is 157 Å². The molecular formula is C34H32P2. The van der Waals surface area contributed by atoms with Gasteiger partial charge in [-0.3, -0.25) is 0 Å². The van der Waals surface area contributed by atoms with Crippen molar-refractivity contribution in [2.75, 3.05) is 0 Å². The van der Waals surface area contributed by atoms with E-state index < -0.39 is 15.8 Å². The van der Waals surface area contributed by atoms with Crippen molar-refractivity contribution >= 4 is 37.1 Å². The van der Waals surface area contributed by atoms with Crippen molar-refractivity contribution in [1.29, 1.82) is 0 Å². The van der Waals surface area contributed by atoms with Gasteiger partial charge in [0, 0.05) is 11.3 Å². The maximum atomic E-state index is 2.44. The zero-order valence-corrected chi connectivity index (χ0v) is 22.7. The molecule has 0 aliphatic rings. The van der Waals surface area contributed by atoms with Crippen molar-refractivity contribution in [3.8, 4) is 0 Å². The normalized spacial score (nSPS) is 13.0. The summed E-state index contributed by atoms with van der Waals surface area (Å²) in [4.78, 5) is 0. The van der Waals surface area contributed by atoms with Gasteiger partial charge in [-0.15, -0.1) is 0 Å². The number of benzene rings is 5. The molecule has 178 valence electrons. The largest absolute Gasteiger partial charge is 0.0622 e. The van der Waals surface area contributed by atoms with Crippen molar-refractivity contribution in [1.82, 2.24) is 0 Å². The fraction of sp³-hybridized carbons (Fsp3) is 0.118. The Morgan fingerprint density at radius 2 is 0.556 bits per heavy atom. The Labute approximate surface area is 218 Å². The molecule has 0 aromatic heterocycles. The predicted octanol–water partition coefficient (Wildman–Crippen LogP) is 8.07. The van der Waals surface area contributed by atoms with Crippen molar-refractivity contribution in [2.45, 2.75) is 25.2 Å². The van der Waals surface area contributed by atoms with Crippen molar-refractivity contribution in [2.24, 2.45) is 0 Å². The fourth-order valence-corrected chi connectivity index (χ4v) is 10.5. The lowest BCUT2D eigenvalue weighted by molar-refractivity contribution is 0.990. The van der Waals surface area contributed by atoms with E-state index in [2.05, 4.69) is 159 Å². The third kappa shape index (κ3) is 5.37. The first-order valence-electron chi connectivity index (χ1n) is 12.6. The summed E-state index contributed by atoms with van der Waals surface area (Å²) in [6, 6.07) is 53.6. The molecule has 0 bridgehead atoms. The van der Waals surface area contributed by atoms with Crippen LogP contribution in [0.1, 0.15) is 36.3 Å². The van der Waals surface area contributed by atoms with Gasteiger partial charge in [-0.25, -0.2) is 0 Å². The van der Waals surface area contributed by atoms with Gasteiger partial charge in [0.15, 0.2) is 0 Å². The molecule has 0 amide bonds. The standard InChI is InChI=1S/C34H32P2/c1-27(35(29-17-7-3-8-18-29)30-19-9-4-10-20-30)33-25-15-16-26-34(33)28(2)36(31-21-11-5-12-22-31)32-23-13-6-14-24-32/h3-28H,1-2H3/t27-,28?/m1/s1. The minimum atomic E-state index is -0.550. The van der Waals surface area contributed by atoms with E-state index in [0.29, 0.717) is 11.3 Å². The molecule has 0 nitrogen and oxygen atoms in total. The highest BCUT2D eigenvalue weighted by Crippen LogP contribution is 2.55. The molecule has 2 heteroatoms. The van der Waals surface area contributed by atoms with Gasteiger partial charge >= 0.3 is 0 Å². The van der Waals surface area contributed by atoms with Gasteiger partial charge in [-0.05, 0) is 48.2 Å². The molecule has 2 atom stereocenters. The zero-order valence-electron chi connectivity index (χ0n) is 20.9. The average molecular weight is 503 g/mol. The van der Waals surface area contributed by atoms with Crippen molar-refractivity contribution < 1.29 is 0 Å². The minimum absolute atomic E-state index is 0.395. The summed E-state index contributed by atoms with van der Waals surface area (Å²) in [6.07, 6.45) is 0. The average Bonchev–Trinajstić information content (AvgIpc) is 2.95. The highest BCUT2D eigenvalue weighted by molar-refractivity contribution is 7.73. The first-order valence-corrected chi connectivity index (χ1v) is 15.4. The molecule has 0 spiro atoms. The van der Waals surface area contributed by atoms with E-state index in [1.807, 2.05) is 0 Å². The first kappa shape index (κ1) is 24.6. The van der Waals surface area contributed by atoms with Gasteiger partial charge in [-0.2, -0.15) is 0 Å². The van der Waals surface area contributed by atoms with E-state index in [9.17, 15) is 0 Å². The second-order valence-corrected chi connectivity index (χ2v) is 14.2. The lowest BCUT2D eigenvalue weighted by Gasteiger charge is -2.32. The third-order valence-electron chi connectivity index (χ3n) is 6.81. The Balaban J connectivity index is 1.60. The Hall–Kier alpha value is -3.04. The Kier molecular flexibility index (Phi) is 8.08. The SMILES string of the molecule is CC(c1ccccc1[C@@H](C)P(c1ccccc1)c1ccccc1)P(c1ccccc1)c1ccccc1. The molecule has 0 saturated carbocycles. The van der Waals surface area contributed by atoms with Crippen molar-refractivity contribution in [3.63, 3.8) is 0 Å². The van der Waals surface area contributed by atoms with E-state index in [-0.39, 0.29) is 0 Å². The van der Waals surface area contributed by atoms with Gasteiger partial charge < -0.3 is 0 Å². The minimum Gasteiger partial charge on any atom is -0.0622 e. The lowest BCUT2D eigenvalue weighted by atomic mass is 10.0. The van der Waals surface area contributed by atoms with Gasteiger partial charge in [0.2, 0.25) is 0 Å². The molecule has 0 aliphatic carbocycles. The summed E-state index contributed by atoms with van der Waals surface area (Å²) >= 11 is 0. The van der Waals surface area contributed by atoms with Gasteiger partial charge in [0.25, 0.3) is 0 Å². The number of hydrogen-bond donors (Lipinski definition) is 0. The van der Waals surface area contributed by atoms with Crippen LogP contribution in [-0.2, 0) is 0 Å². The molecule has 0 aliphatic heterocycles. The second-order valence-electron chi connectivity index (χ2n) is 9.06. The van der Waals surface area contributed by atoms with Crippen LogP contribution in [0, 0.1) is 0 Å². The van der Waals surface area contributed by atoms with E-state index in [4.69, 9.17) is 0 Å². The van der Waals surface area contributed by atoms with Crippen LogP contribution in [0.5, 0.6) is 0 Å². The van der Waals surface area contributed by atoms with Crippen LogP contribution in [0.25, 0.3) is 0 Å². The fourth-order valence-electron chi connectivity index (χ4n) is 5.10. The van der Waals surface area contributed by atoms with E-state index in [0.717, 1.165) is 0 Å². The van der Waals surface area contributed by atoms with Crippen LogP contribution in [-0.4, -0.2) is 0 Å². The molecule has 5 aromatic carbocycles. The summed E-state index contributed by atoms with van der Waals surface area (Å²) in [7, 11) is -1.10. The van der Waals surface area contributed by atoms with Gasteiger partial charge in [-0.1, -0.05) is 159 Å². The summed E-state index contributed by atoms with van der Waals surface area (Å²) in [5.74, 6) is 0. The smallest absolute Gasteiger partial charge is 0.00966 e. The second kappa shape index (κ2) is 11.8. The molecule has 0 N–H and O–H groups in total. The molecule has 0 radical (unpaired) electrons. The molecule has 0 fully saturated rings. The van der Waals surface area contributed by atoms with Crippen LogP contribution in [0.2, 0.25) is 0 Å². The third-order valence-corrected chi connectivity index (χ3v) is 12.3. The Morgan fingerprint density at radius 1 is 0.333 bits per heavy atom.